The van der Waals surface area contributed by atoms with E-state index < -0.39 is 0 Å². The summed E-state index contributed by atoms with van der Waals surface area (Å²) in [7, 11) is 0. The van der Waals surface area contributed by atoms with Crippen LogP contribution in [0.15, 0.2) is 54.6 Å². The molecule has 2 aliphatic rings. The van der Waals surface area contributed by atoms with Gasteiger partial charge in [-0.3, -0.25) is 4.90 Å². The van der Waals surface area contributed by atoms with E-state index in [9.17, 15) is 5.11 Å². The molecule has 2 fully saturated rings. The number of hydrogen-bond donors (Lipinski definition) is 2. The standard InChI is InChI=1S/C23H30N2O/c1-17-15-25-16-20(11-18-7-4-3-5-8-18)24-14-21(25)13-23(17,2)19-9-6-10-22(26)12-19/h3-10,12,17,20-21,24,26H,11,13-16H2,1-2H3. The SMILES string of the molecule is CC1CN2CC(Cc3ccccc3)NCC2CC1(C)c1cccc(O)c1. The molecule has 0 aliphatic carbocycles. The molecule has 0 radical (unpaired) electrons. The van der Waals surface area contributed by atoms with E-state index in [0.29, 0.717) is 23.8 Å². The van der Waals surface area contributed by atoms with Crippen molar-refractivity contribution in [3.8, 4) is 5.75 Å². The molecule has 0 amide bonds. The summed E-state index contributed by atoms with van der Waals surface area (Å²) >= 11 is 0. The first-order chi connectivity index (χ1) is 12.5. The highest BCUT2D eigenvalue weighted by Gasteiger charge is 2.44. The number of hydrogen-bond acceptors (Lipinski definition) is 3. The highest BCUT2D eigenvalue weighted by Crippen LogP contribution is 2.43. The average Bonchev–Trinajstić information content (AvgIpc) is 2.64. The molecule has 4 rings (SSSR count). The second-order valence-electron chi connectivity index (χ2n) is 8.48. The minimum Gasteiger partial charge on any atom is -0.508 e. The molecule has 4 atom stereocenters. The van der Waals surface area contributed by atoms with Crippen molar-refractivity contribution in [2.24, 2.45) is 5.92 Å². The third-order valence-electron chi connectivity index (χ3n) is 6.70. The number of rotatable bonds is 3. The van der Waals surface area contributed by atoms with Crippen molar-refractivity contribution in [1.82, 2.24) is 10.2 Å². The normalized spacial score (nSPS) is 32.2. The van der Waals surface area contributed by atoms with E-state index in [1.807, 2.05) is 12.1 Å². The van der Waals surface area contributed by atoms with E-state index >= 15 is 0 Å². The van der Waals surface area contributed by atoms with Gasteiger partial charge in [-0.25, -0.2) is 0 Å². The Balaban J connectivity index is 1.46. The number of nitrogens with one attached hydrogen (secondary N) is 1. The molecular formula is C23H30N2O. The van der Waals surface area contributed by atoms with Crippen LogP contribution in [0.25, 0.3) is 0 Å². The summed E-state index contributed by atoms with van der Waals surface area (Å²) in [6.07, 6.45) is 2.24. The van der Waals surface area contributed by atoms with Crippen LogP contribution in [0.4, 0.5) is 0 Å². The van der Waals surface area contributed by atoms with Gasteiger partial charge in [0.05, 0.1) is 0 Å². The van der Waals surface area contributed by atoms with Gasteiger partial charge in [-0.2, -0.15) is 0 Å². The van der Waals surface area contributed by atoms with Crippen molar-refractivity contribution in [3.05, 3.63) is 65.7 Å². The maximum Gasteiger partial charge on any atom is 0.115 e. The van der Waals surface area contributed by atoms with E-state index in [1.165, 1.54) is 11.1 Å². The van der Waals surface area contributed by atoms with E-state index in [4.69, 9.17) is 0 Å². The van der Waals surface area contributed by atoms with Crippen LogP contribution < -0.4 is 5.32 Å². The Morgan fingerprint density at radius 2 is 1.92 bits per heavy atom. The topological polar surface area (TPSA) is 35.5 Å². The monoisotopic (exact) mass is 350 g/mol. The molecule has 0 bridgehead atoms. The molecule has 0 saturated carbocycles. The summed E-state index contributed by atoms with van der Waals surface area (Å²) in [5.74, 6) is 0.944. The maximum atomic E-state index is 9.93. The highest BCUT2D eigenvalue weighted by atomic mass is 16.3. The molecule has 138 valence electrons. The lowest BCUT2D eigenvalue weighted by atomic mass is 9.65. The molecule has 26 heavy (non-hydrogen) atoms. The summed E-state index contributed by atoms with van der Waals surface area (Å²) < 4.78 is 0. The van der Waals surface area contributed by atoms with Crippen LogP contribution in [0.5, 0.6) is 5.75 Å². The Kier molecular flexibility index (Phi) is 4.76. The summed E-state index contributed by atoms with van der Waals surface area (Å²) in [6.45, 7) is 8.05. The van der Waals surface area contributed by atoms with Gasteiger partial charge >= 0.3 is 0 Å². The summed E-state index contributed by atoms with van der Waals surface area (Å²) in [4.78, 5) is 2.69. The predicted octanol–water partition coefficient (Wildman–Crippen LogP) is 3.57. The van der Waals surface area contributed by atoms with Crippen LogP contribution in [-0.4, -0.2) is 41.7 Å². The highest BCUT2D eigenvalue weighted by molar-refractivity contribution is 5.34. The number of nitrogens with zero attached hydrogens (tertiary/aromatic N) is 1. The molecule has 4 unspecified atom stereocenters. The first-order valence-electron chi connectivity index (χ1n) is 9.85. The molecule has 3 nitrogen and oxygen atoms in total. The van der Waals surface area contributed by atoms with Crippen molar-refractivity contribution in [3.63, 3.8) is 0 Å². The van der Waals surface area contributed by atoms with Gasteiger partial charge in [0, 0.05) is 31.7 Å². The first kappa shape index (κ1) is 17.6. The van der Waals surface area contributed by atoms with Gasteiger partial charge in [0.2, 0.25) is 0 Å². The van der Waals surface area contributed by atoms with Crippen molar-refractivity contribution in [2.45, 2.75) is 44.2 Å². The first-order valence-corrected chi connectivity index (χ1v) is 9.85. The number of phenols is 1. The Morgan fingerprint density at radius 1 is 1.12 bits per heavy atom. The molecule has 2 aliphatic heterocycles. The fourth-order valence-electron chi connectivity index (χ4n) is 4.90. The van der Waals surface area contributed by atoms with Crippen LogP contribution in [0.1, 0.15) is 31.4 Å². The van der Waals surface area contributed by atoms with Crippen LogP contribution in [0.3, 0.4) is 0 Å². The number of piperidine rings is 1. The molecule has 3 heteroatoms. The van der Waals surface area contributed by atoms with Gasteiger partial charge in [-0.05, 0) is 47.4 Å². The van der Waals surface area contributed by atoms with Crippen LogP contribution in [0.2, 0.25) is 0 Å². The van der Waals surface area contributed by atoms with E-state index in [0.717, 1.165) is 32.5 Å². The molecule has 2 saturated heterocycles. The zero-order chi connectivity index (χ0) is 18.1. The largest absolute Gasteiger partial charge is 0.508 e. The van der Waals surface area contributed by atoms with Crippen LogP contribution >= 0.6 is 0 Å². The number of aromatic hydroxyl groups is 1. The zero-order valence-electron chi connectivity index (χ0n) is 15.9. The van der Waals surface area contributed by atoms with Gasteiger partial charge in [0.1, 0.15) is 5.75 Å². The third-order valence-corrected chi connectivity index (χ3v) is 6.70. The van der Waals surface area contributed by atoms with Crippen molar-refractivity contribution >= 4 is 0 Å². The molecular weight excluding hydrogens is 320 g/mol. The molecule has 2 N–H and O–H groups in total. The van der Waals surface area contributed by atoms with Crippen molar-refractivity contribution < 1.29 is 5.11 Å². The molecule has 0 aromatic heterocycles. The fraction of sp³-hybridized carbons (Fsp3) is 0.478. The Morgan fingerprint density at radius 3 is 2.69 bits per heavy atom. The Bertz CT molecular complexity index is 747. The predicted molar refractivity (Wildman–Crippen MR) is 107 cm³/mol. The van der Waals surface area contributed by atoms with Gasteiger partial charge in [-0.15, -0.1) is 0 Å². The minimum absolute atomic E-state index is 0.119. The van der Waals surface area contributed by atoms with Gasteiger partial charge < -0.3 is 10.4 Å². The quantitative estimate of drug-likeness (QED) is 0.888. The number of piperazine rings is 1. The second kappa shape index (κ2) is 7.05. The van der Waals surface area contributed by atoms with E-state index in [1.54, 1.807) is 6.07 Å². The van der Waals surface area contributed by atoms with Crippen molar-refractivity contribution in [1.29, 1.82) is 0 Å². The smallest absolute Gasteiger partial charge is 0.115 e. The lowest BCUT2D eigenvalue weighted by molar-refractivity contribution is 0.0245. The molecule has 2 heterocycles. The van der Waals surface area contributed by atoms with Gasteiger partial charge in [-0.1, -0.05) is 56.3 Å². The van der Waals surface area contributed by atoms with E-state index in [-0.39, 0.29) is 5.41 Å². The maximum absolute atomic E-state index is 9.93. The average molecular weight is 351 g/mol. The van der Waals surface area contributed by atoms with Gasteiger partial charge in [0.25, 0.3) is 0 Å². The number of fused-ring (bicyclic) bond motifs is 1. The Labute approximate surface area is 157 Å². The number of phenolic OH excluding ortho intramolecular Hbond substituents is 1. The van der Waals surface area contributed by atoms with Gasteiger partial charge in [0.15, 0.2) is 0 Å². The second-order valence-corrected chi connectivity index (χ2v) is 8.48. The summed E-state index contributed by atoms with van der Waals surface area (Å²) in [6, 6.07) is 19.8. The van der Waals surface area contributed by atoms with E-state index in [2.05, 4.69) is 60.5 Å². The van der Waals surface area contributed by atoms with Crippen LogP contribution in [-0.2, 0) is 11.8 Å². The fourth-order valence-corrected chi connectivity index (χ4v) is 4.90. The molecule has 2 aromatic carbocycles. The van der Waals surface area contributed by atoms with Crippen molar-refractivity contribution in [2.75, 3.05) is 19.6 Å². The Hall–Kier alpha value is -1.84. The molecule has 0 spiro atoms. The third kappa shape index (κ3) is 3.38. The minimum atomic E-state index is 0.119. The lowest BCUT2D eigenvalue weighted by Crippen LogP contribution is -2.63. The summed E-state index contributed by atoms with van der Waals surface area (Å²) in [5, 5.41) is 13.7. The number of benzene rings is 2. The lowest BCUT2D eigenvalue weighted by Gasteiger charge is -2.53. The molecule has 2 aromatic rings. The van der Waals surface area contributed by atoms with Crippen LogP contribution in [0, 0.1) is 5.92 Å². The summed E-state index contributed by atoms with van der Waals surface area (Å²) in [5.41, 5.74) is 2.81. The zero-order valence-corrected chi connectivity index (χ0v) is 15.9.